The third-order valence-corrected chi connectivity index (χ3v) is 5.49. The van der Waals surface area contributed by atoms with Crippen LogP contribution in [-0.4, -0.2) is 53.0 Å². The fourth-order valence-electron chi connectivity index (χ4n) is 2.88. The molecule has 6 nitrogen and oxygen atoms in total. The lowest BCUT2D eigenvalue weighted by molar-refractivity contribution is -0.134. The third-order valence-electron chi connectivity index (χ3n) is 4.67. The van der Waals surface area contributed by atoms with E-state index in [4.69, 9.17) is 5.73 Å². The number of amides is 1. The van der Waals surface area contributed by atoms with Crippen molar-refractivity contribution in [1.29, 1.82) is 0 Å². The molecule has 0 aliphatic carbocycles. The molecule has 0 saturated carbocycles. The second kappa shape index (κ2) is 6.80. The Bertz CT molecular complexity index is 680. The van der Waals surface area contributed by atoms with Crippen LogP contribution in [0.1, 0.15) is 20.3 Å². The molecule has 2 atom stereocenters. The molecule has 0 aromatic carbocycles. The number of aromatic nitrogens is 2. The van der Waals surface area contributed by atoms with E-state index in [-0.39, 0.29) is 11.8 Å². The average Bonchev–Trinajstić information content (AvgIpc) is 3.08. The topological polar surface area (TPSA) is 75.4 Å². The lowest BCUT2D eigenvalue weighted by Crippen LogP contribution is -2.54. The Labute approximate surface area is 140 Å². The number of thiophene rings is 1. The normalized spacial score (nSPS) is 18.2. The molecule has 2 unspecified atom stereocenters. The maximum absolute atomic E-state index is 12.5. The largest absolute Gasteiger partial charge is 0.352 e. The number of anilines is 1. The van der Waals surface area contributed by atoms with Crippen molar-refractivity contribution in [3.05, 3.63) is 17.8 Å². The molecule has 1 aliphatic heterocycles. The molecule has 0 spiro atoms. The summed E-state index contributed by atoms with van der Waals surface area (Å²) in [5.74, 6) is 1.25. The first-order valence-electron chi connectivity index (χ1n) is 8.09. The first-order chi connectivity index (χ1) is 11.1. The molecule has 1 saturated heterocycles. The average molecular weight is 333 g/mol. The minimum atomic E-state index is -0.394. The van der Waals surface area contributed by atoms with E-state index in [0.29, 0.717) is 13.1 Å². The van der Waals surface area contributed by atoms with Gasteiger partial charge >= 0.3 is 0 Å². The Balaban J connectivity index is 1.67. The highest BCUT2D eigenvalue weighted by molar-refractivity contribution is 7.16. The second-order valence-corrected chi connectivity index (χ2v) is 6.95. The molecule has 2 aromatic heterocycles. The van der Waals surface area contributed by atoms with Crippen molar-refractivity contribution in [1.82, 2.24) is 14.9 Å². The number of rotatable bonds is 4. The van der Waals surface area contributed by atoms with E-state index in [1.807, 2.05) is 17.2 Å². The lowest BCUT2D eigenvalue weighted by atomic mass is 9.98. The summed E-state index contributed by atoms with van der Waals surface area (Å²) in [5, 5.41) is 3.13. The van der Waals surface area contributed by atoms with Gasteiger partial charge in [0.25, 0.3) is 0 Å². The van der Waals surface area contributed by atoms with Crippen LogP contribution >= 0.6 is 11.3 Å². The summed E-state index contributed by atoms with van der Waals surface area (Å²) < 4.78 is 0. The third kappa shape index (κ3) is 3.16. The molecular formula is C16H23N5OS. The second-order valence-electron chi connectivity index (χ2n) is 6.06. The van der Waals surface area contributed by atoms with E-state index in [2.05, 4.69) is 27.9 Å². The standard InChI is InChI=1S/C16H23N5OS/c1-3-11(2)13(17)16(22)21-7-5-20(6-8-21)14-12-4-9-23-15(12)19-10-18-14/h4,9-11,13H,3,5-8,17H2,1-2H3. The van der Waals surface area contributed by atoms with Crippen molar-refractivity contribution in [3.8, 4) is 0 Å². The monoisotopic (exact) mass is 333 g/mol. The minimum absolute atomic E-state index is 0.0716. The molecule has 0 radical (unpaired) electrons. The maximum atomic E-state index is 12.5. The van der Waals surface area contributed by atoms with Gasteiger partial charge in [-0.2, -0.15) is 0 Å². The van der Waals surface area contributed by atoms with E-state index in [0.717, 1.165) is 35.5 Å². The number of hydrogen-bond donors (Lipinski definition) is 1. The molecule has 2 aromatic rings. The van der Waals surface area contributed by atoms with Gasteiger partial charge in [0.1, 0.15) is 17.0 Å². The van der Waals surface area contributed by atoms with Crippen LogP contribution in [0.15, 0.2) is 17.8 Å². The molecule has 1 amide bonds. The van der Waals surface area contributed by atoms with Gasteiger partial charge in [-0.15, -0.1) is 11.3 Å². The van der Waals surface area contributed by atoms with E-state index in [1.54, 1.807) is 17.7 Å². The van der Waals surface area contributed by atoms with Gasteiger partial charge in [-0.1, -0.05) is 20.3 Å². The number of piperazine rings is 1. The smallest absolute Gasteiger partial charge is 0.239 e. The Kier molecular flexibility index (Phi) is 4.77. The van der Waals surface area contributed by atoms with Crippen molar-refractivity contribution >= 4 is 33.3 Å². The van der Waals surface area contributed by atoms with Crippen LogP contribution in [0.3, 0.4) is 0 Å². The van der Waals surface area contributed by atoms with Gasteiger partial charge in [0.05, 0.1) is 11.4 Å². The van der Waals surface area contributed by atoms with E-state index >= 15 is 0 Å². The number of nitrogens with zero attached hydrogens (tertiary/aromatic N) is 4. The van der Waals surface area contributed by atoms with Crippen LogP contribution in [0.5, 0.6) is 0 Å². The predicted octanol–water partition coefficient (Wildman–Crippen LogP) is 1.71. The van der Waals surface area contributed by atoms with Crippen molar-refractivity contribution in [2.75, 3.05) is 31.1 Å². The van der Waals surface area contributed by atoms with E-state index in [9.17, 15) is 4.79 Å². The number of carbonyl (C=O) groups is 1. The van der Waals surface area contributed by atoms with Crippen LogP contribution in [0.2, 0.25) is 0 Å². The zero-order chi connectivity index (χ0) is 16.4. The summed E-state index contributed by atoms with van der Waals surface area (Å²) in [6.45, 7) is 7.04. The molecule has 7 heteroatoms. The highest BCUT2D eigenvalue weighted by Gasteiger charge is 2.28. The zero-order valence-corrected chi connectivity index (χ0v) is 14.4. The summed E-state index contributed by atoms with van der Waals surface area (Å²) in [6.07, 6.45) is 2.54. The van der Waals surface area contributed by atoms with Crippen LogP contribution in [0.25, 0.3) is 10.2 Å². The fourth-order valence-corrected chi connectivity index (χ4v) is 3.60. The summed E-state index contributed by atoms with van der Waals surface area (Å²) in [4.78, 5) is 26.3. The van der Waals surface area contributed by atoms with Gasteiger partial charge in [0.2, 0.25) is 5.91 Å². The van der Waals surface area contributed by atoms with Crippen molar-refractivity contribution in [3.63, 3.8) is 0 Å². The van der Waals surface area contributed by atoms with Crippen LogP contribution in [-0.2, 0) is 4.79 Å². The quantitative estimate of drug-likeness (QED) is 0.922. The number of nitrogens with two attached hydrogens (primary N) is 1. The minimum Gasteiger partial charge on any atom is -0.352 e. The highest BCUT2D eigenvalue weighted by atomic mass is 32.1. The first kappa shape index (κ1) is 16.1. The SMILES string of the molecule is CCC(C)C(N)C(=O)N1CCN(c2ncnc3sccc23)CC1. The van der Waals surface area contributed by atoms with Crippen LogP contribution in [0.4, 0.5) is 5.82 Å². The number of fused-ring (bicyclic) bond motifs is 1. The van der Waals surface area contributed by atoms with Gasteiger partial charge in [-0.05, 0) is 17.4 Å². The maximum Gasteiger partial charge on any atom is 0.239 e. The number of carbonyl (C=O) groups excluding carboxylic acids is 1. The molecule has 0 bridgehead atoms. The highest BCUT2D eigenvalue weighted by Crippen LogP contribution is 2.27. The van der Waals surface area contributed by atoms with Crippen LogP contribution in [0, 0.1) is 5.92 Å². The van der Waals surface area contributed by atoms with E-state index in [1.165, 1.54) is 0 Å². The molecule has 3 heterocycles. The first-order valence-corrected chi connectivity index (χ1v) is 8.97. The molecule has 1 fully saturated rings. The van der Waals surface area contributed by atoms with Crippen molar-refractivity contribution in [2.45, 2.75) is 26.3 Å². The Morgan fingerprint density at radius 3 is 2.78 bits per heavy atom. The molecule has 124 valence electrons. The Morgan fingerprint density at radius 1 is 1.35 bits per heavy atom. The summed E-state index contributed by atoms with van der Waals surface area (Å²) in [5.41, 5.74) is 6.08. The van der Waals surface area contributed by atoms with Crippen LogP contribution < -0.4 is 10.6 Å². The molecule has 3 rings (SSSR count). The summed E-state index contributed by atoms with van der Waals surface area (Å²) in [6, 6.07) is 1.67. The van der Waals surface area contributed by atoms with Gasteiger partial charge in [-0.25, -0.2) is 9.97 Å². The molecule has 2 N–H and O–H groups in total. The molecular weight excluding hydrogens is 310 g/mol. The summed E-state index contributed by atoms with van der Waals surface area (Å²) in [7, 11) is 0. The van der Waals surface area contributed by atoms with Gasteiger partial charge in [0.15, 0.2) is 0 Å². The van der Waals surface area contributed by atoms with Crippen molar-refractivity contribution in [2.24, 2.45) is 11.7 Å². The Hall–Kier alpha value is -1.73. The predicted molar refractivity (Wildman–Crippen MR) is 93.6 cm³/mol. The summed E-state index contributed by atoms with van der Waals surface area (Å²) >= 11 is 1.62. The van der Waals surface area contributed by atoms with E-state index < -0.39 is 6.04 Å². The number of hydrogen-bond acceptors (Lipinski definition) is 6. The van der Waals surface area contributed by atoms with Crippen molar-refractivity contribution < 1.29 is 4.79 Å². The molecule has 1 aliphatic rings. The Morgan fingerprint density at radius 2 is 2.09 bits per heavy atom. The molecule has 23 heavy (non-hydrogen) atoms. The zero-order valence-electron chi connectivity index (χ0n) is 13.6. The lowest BCUT2D eigenvalue weighted by Gasteiger charge is -2.37. The van der Waals surface area contributed by atoms with Gasteiger partial charge in [-0.3, -0.25) is 4.79 Å². The fraction of sp³-hybridized carbons (Fsp3) is 0.562. The van der Waals surface area contributed by atoms with Gasteiger partial charge < -0.3 is 15.5 Å². The van der Waals surface area contributed by atoms with Gasteiger partial charge in [0, 0.05) is 26.2 Å².